The Kier molecular flexibility index (Phi) is 3.90. The molecule has 0 aliphatic heterocycles. The van der Waals surface area contributed by atoms with Crippen LogP contribution in [0.3, 0.4) is 0 Å². The molecular weight excluding hydrogens is 180 g/mol. The Morgan fingerprint density at radius 1 is 1.13 bits per heavy atom. The Morgan fingerprint density at radius 2 is 1.73 bits per heavy atom. The van der Waals surface area contributed by atoms with Gasteiger partial charge in [-0.25, -0.2) is 0 Å². The van der Waals surface area contributed by atoms with Crippen molar-refractivity contribution in [3.8, 4) is 0 Å². The Bertz CT molecular complexity index is 390. The van der Waals surface area contributed by atoms with Crippen LogP contribution in [0, 0.1) is 6.92 Å². The van der Waals surface area contributed by atoms with Crippen LogP contribution in [0.4, 0.5) is 0 Å². The number of allylic oxidation sites excluding steroid dienone is 3. The zero-order valence-corrected chi connectivity index (χ0v) is 10.2. The zero-order chi connectivity index (χ0) is 11.4. The molecule has 15 heavy (non-hydrogen) atoms. The van der Waals surface area contributed by atoms with Crippen LogP contribution in [0.15, 0.2) is 42.0 Å². The van der Waals surface area contributed by atoms with Gasteiger partial charge in [0.25, 0.3) is 0 Å². The van der Waals surface area contributed by atoms with E-state index in [-0.39, 0.29) is 0 Å². The van der Waals surface area contributed by atoms with E-state index in [0.717, 1.165) is 6.42 Å². The summed E-state index contributed by atoms with van der Waals surface area (Å²) in [4.78, 5) is 0. The molecule has 0 spiro atoms. The highest BCUT2D eigenvalue weighted by atomic mass is 14.1. The first kappa shape index (κ1) is 11.8. The molecule has 1 aromatic carbocycles. The lowest BCUT2D eigenvalue weighted by atomic mass is 9.92. The van der Waals surface area contributed by atoms with E-state index in [1.165, 1.54) is 27.8 Å². The summed E-state index contributed by atoms with van der Waals surface area (Å²) < 4.78 is 0. The maximum Gasteiger partial charge on any atom is -0.00672 e. The average molecular weight is 200 g/mol. The molecule has 0 heterocycles. The third-order valence-corrected chi connectivity index (χ3v) is 2.55. The molecule has 0 aliphatic rings. The van der Waals surface area contributed by atoms with E-state index >= 15 is 0 Å². The minimum atomic E-state index is 0.979. The van der Waals surface area contributed by atoms with E-state index in [0.29, 0.717) is 0 Å². The molecule has 0 bridgehead atoms. The van der Waals surface area contributed by atoms with E-state index in [1.807, 2.05) is 0 Å². The van der Waals surface area contributed by atoms with E-state index in [1.54, 1.807) is 0 Å². The maximum absolute atomic E-state index is 4.00. The van der Waals surface area contributed by atoms with E-state index in [4.69, 9.17) is 0 Å². The highest BCUT2D eigenvalue weighted by molar-refractivity contribution is 5.71. The van der Waals surface area contributed by atoms with E-state index in [2.05, 4.69) is 58.5 Å². The van der Waals surface area contributed by atoms with Crippen LogP contribution in [0.25, 0.3) is 5.57 Å². The average Bonchev–Trinajstić information content (AvgIpc) is 2.15. The summed E-state index contributed by atoms with van der Waals surface area (Å²) in [6.45, 7) is 12.6. The molecule has 80 valence electrons. The van der Waals surface area contributed by atoms with Crippen LogP contribution in [0.1, 0.15) is 38.3 Å². The second-order valence-corrected chi connectivity index (χ2v) is 4.43. The van der Waals surface area contributed by atoms with Crippen molar-refractivity contribution in [2.45, 2.75) is 34.1 Å². The quantitative estimate of drug-likeness (QED) is 0.617. The molecule has 0 aliphatic carbocycles. The molecule has 0 saturated carbocycles. The summed E-state index contributed by atoms with van der Waals surface area (Å²) in [5.74, 6) is 0. The molecule has 0 atom stereocenters. The number of benzene rings is 1. The first-order valence-electron chi connectivity index (χ1n) is 5.39. The first-order valence-corrected chi connectivity index (χ1v) is 5.39. The molecule has 1 rings (SSSR count). The van der Waals surface area contributed by atoms with Crippen LogP contribution >= 0.6 is 0 Å². The Hall–Kier alpha value is -1.30. The topological polar surface area (TPSA) is 0 Å². The molecule has 0 unspecified atom stereocenters. The van der Waals surface area contributed by atoms with Crippen molar-refractivity contribution in [3.05, 3.63) is 53.1 Å². The molecule has 1 aromatic rings. The zero-order valence-electron chi connectivity index (χ0n) is 10.2. The summed E-state index contributed by atoms with van der Waals surface area (Å²) in [5.41, 5.74) is 6.72. The Morgan fingerprint density at radius 3 is 2.20 bits per heavy atom. The van der Waals surface area contributed by atoms with E-state index in [9.17, 15) is 0 Å². The third-order valence-electron chi connectivity index (χ3n) is 2.55. The number of aryl methyl sites for hydroxylation is 1. The fourth-order valence-corrected chi connectivity index (χ4v) is 1.75. The van der Waals surface area contributed by atoms with Gasteiger partial charge < -0.3 is 0 Å². The van der Waals surface area contributed by atoms with Gasteiger partial charge in [0.15, 0.2) is 0 Å². The molecule has 0 heteroatoms. The summed E-state index contributed by atoms with van der Waals surface area (Å²) in [5, 5.41) is 0. The summed E-state index contributed by atoms with van der Waals surface area (Å²) in [6, 6.07) is 8.54. The molecular formula is C15H20. The molecule has 0 N–H and O–H groups in total. The Labute approximate surface area is 93.3 Å². The van der Waals surface area contributed by atoms with Gasteiger partial charge >= 0.3 is 0 Å². The molecule has 0 amide bonds. The van der Waals surface area contributed by atoms with Crippen LogP contribution in [0.5, 0.6) is 0 Å². The van der Waals surface area contributed by atoms with Gasteiger partial charge in [0.05, 0.1) is 0 Å². The van der Waals surface area contributed by atoms with Crippen molar-refractivity contribution < 1.29 is 0 Å². The highest BCUT2D eigenvalue weighted by Gasteiger charge is 2.06. The molecule has 0 radical (unpaired) electrons. The van der Waals surface area contributed by atoms with Gasteiger partial charge in [-0.2, -0.15) is 0 Å². The minimum absolute atomic E-state index is 0.979. The number of hydrogen-bond acceptors (Lipinski definition) is 0. The van der Waals surface area contributed by atoms with Crippen LogP contribution < -0.4 is 0 Å². The van der Waals surface area contributed by atoms with Gasteiger partial charge in [0, 0.05) is 0 Å². The van der Waals surface area contributed by atoms with E-state index < -0.39 is 0 Å². The van der Waals surface area contributed by atoms with Crippen molar-refractivity contribution >= 4 is 5.57 Å². The lowest BCUT2D eigenvalue weighted by Gasteiger charge is -2.13. The number of hydrogen-bond donors (Lipinski definition) is 0. The summed E-state index contributed by atoms with van der Waals surface area (Å²) in [7, 11) is 0. The second-order valence-electron chi connectivity index (χ2n) is 4.43. The predicted molar refractivity (Wildman–Crippen MR) is 68.9 cm³/mol. The lowest BCUT2D eigenvalue weighted by Crippen LogP contribution is -1.92. The number of rotatable bonds is 3. The summed E-state index contributed by atoms with van der Waals surface area (Å²) >= 11 is 0. The highest BCUT2D eigenvalue weighted by Crippen LogP contribution is 2.27. The molecule has 0 nitrogen and oxygen atoms in total. The first-order chi connectivity index (χ1) is 7.02. The SMILES string of the molecule is C=C(C)CC(=C(C)C)c1ccccc1C. The van der Waals surface area contributed by atoms with Gasteiger partial charge in [-0.1, -0.05) is 42.0 Å². The second kappa shape index (κ2) is 4.97. The van der Waals surface area contributed by atoms with Gasteiger partial charge in [0.1, 0.15) is 0 Å². The van der Waals surface area contributed by atoms with Crippen molar-refractivity contribution in [3.63, 3.8) is 0 Å². The van der Waals surface area contributed by atoms with Gasteiger partial charge in [-0.3, -0.25) is 0 Å². The normalized spacial score (nSPS) is 9.87. The maximum atomic E-state index is 4.00. The van der Waals surface area contributed by atoms with Crippen LogP contribution in [0.2, 0.25) is 0 Å². The monoisotopic (exact) mass is 200 g/mol. The van der Waals surface area contributed by atoms with Gasteiger partial charge in [0.2, 0.25) is 0 Å². The fraction of sp³-hybridized carbons (Fsp3) is 0.333. The van der Waals surface area contributed by atoms with Crippen molar-refractivity contribution in [2.75, 3.05) is 0 Å². The molecule has 0 saturated heterocycles. The smallest absolute Gasteiger partial charge is 0.00672 e. The van der Waals surface area contributed by atoms with Crippen LogP contribution in [-0.2, 0) is 0 Å². The van der Waals surface area contributed by atoms with Gasteiger partial charge in [-0.15, -0.1) is 0 Å². The van der Waals surface area contributed by atoms with Crippen molar-refractivity contribution in [1.29, 1.82) is 0 Å². The largest absolute Gasteiger partial charge is 0.0998 e. The van der Waals surface area contributed by atoms with Crippen molar-refractivity contribution in [2.24, 2.45) is 0 Å². The molecule has 0 aromatic heterocycles. The van der Waals surface area contributed by atoms with Gasteiger partial charge in [-0.05, 0) is 50.8 Å². The Balaban J connectivity index is 3.18. The van der Waals surface area contributed by atoms with Crippen LogP contribution in [-0.4, -0.2) is 0 Å². The molecule has 0 fully saturated rings. The standard InChI is InChI=1S/C15H20/c1-11(2)10-15(12(3)4)14-9-7-6-8-13(14)5/h6-9H,1,10H2,2-5H3. The summed E-state index contributed by atoms with van der Waals surface area (Å²) in [6.07, 6.45) is 0.979. The third kappa shape index (κ3) is 3.09. The lowest BCUT2D eigenvalue weighted by molar-refractivity contribution is 1.19. The fourth-order valence-electron chi connectivity index (χ4n) is 1.75. The predicted octanol–water partition coefficient (Wildman–Crippen LogP) is 4.75. The minimum Gasteiger partial charge on any atom is -0.0998 e. The van der Waals surface area contributed by atoms with Crippen molar-refractivity contribution in [1.82, 2.24) is 0 Å².